The van der Waals surface area contributed by atoms with E-state index in [0.29, 0.717) is 17.0 Å². The molecule has 4 rings (SSSR count). The van der Waals surface area contributed by atoms with E-state index in [1.165, 1.54) is 4.90 Å². The highest BCUT2D eigenvalue weighted by atomic mass is 16.5. The molecule has 1 heterocycles. The lowest BCUT2D eigenvalue weighted by Gasteiger charge is -2.27. The van der Waals surface area contributed by atoms with Gasteiger partial charge in [-0.2, -0.15) is 0 Å². The van der Waals surface area contributed by atoms with Gasteiger partial charge in [-0.25, -0.2) is 0 Å². The van der Waals surface area contributed by atoms with Crippen molar-refractivity contribution in [2.45, 2.75) is 26.8 Å². The number of carbonyl (C=O) groups excluding carboxylic acids is 2. The molecule has 1 saturated heterocycles. The molecule has 1 unspecified atom stereocenters. The van der Waals surface area contributed by atoms with Crippen LogP contribution in [0.3, 0.4) is 0 Å². The normalized spacial score (nSPS) is 17.6. The van der Waals surface area contributed by atoms with Crippen LogP contribution in [0, 0.1) is 20.8 Å². The highest BCUT2D eigenvalue weighted by Crippen LogP contribution is 2.43. The Kier molecular flexibility index (Phi) is 5.57. The van der Waals surface area contributed by atoms with Crippen LogP contribution in [0.4, 0.5) is 5.69 Å². The first-order valence-electron chi connectivity index (χ1n) is 10.4. The molecule has 1 N–H and O–H groups in total. The lowest BCUT2D eigenvalue weighted by Crippen LogP contribution is -2.30. The van der Waals surface area contributed by atoms with Crippen LogP contribution in [0.15, 0.2) is 72.3 Å². The van der Waals surface area contributed by atoms with E-state index < -0.39 is 17.7 Å². The van der Waals surface area contributed by atoms with E-state index in [2.05, 4.69) is 0 Å². The fourth-order valence-corrected chi connectivity index (χ4v) is 4.28. The summed E-state index contributed by atoms with van der Waals surface area (Å²) in [4.78, 5) is 28.0. The molecule has 0 spiro atoms. The van der Waals surface area contributed by atoms with Crippen molar-refractivity contribution in [1.82, 2.24) is 0 Å². The number of aliphatic hydroxyl groups excluding tert-OH is 1. The van der Waals surface area contributed by atoms with Crippen molar-refractivity contribution in [3.8, 4) is 5.75 Å². The largest absolute Gasteiger partial charge is 0.507 e. The summed E-state index contributed by atoms with van der Waals surface area (Å²) in [5.41, 5.74) is 4.66. The first kappa shape index (κ1) is 21.4. The fraction of sp³-hybridized carbons (Fsp3) is 0.185. The third-order valence-electron chi connectivity index (χ3n) is 5.86. The minimum atomic E-state index is -0.737. The SMILES string of the molecule is COc1ccc(/C(O)=C2\C(=O)C(=O)N(c3ccc(C)cc3C)C2c2ccccc2)c(C)c1. The third kappa shape index (κ3) is 3.56. The van der Waals surface area contributed by atoms with E-state index in [1.54, 1.807) is 25.3 Å². The molecule has 1 atom stereocenters. The van der Waals surface area contributed by atoms with Crippen molar-refractivity contribution >= 4 is 23.1 Å². The Bertz CT molecular complexity index is 1240. The van der Waals surface area contributed by atoms with E-state index in [4.69, 9.17) is 4.74 Å². The summed E-state index contributed by atoms with van der Waals surface area (Å²) in [5.74, 6) is -0.899. The summed E-state index contributed by atoms with van der Waals surface area (Å²) in [5, 5.41) is 11.3. The zero-order chi connectivity index (χ0) is 23.0. The van der Waals surface area contributed by atoms with Crippen LogP contribution >= 0.6 is 0 Å². The van der Waals surface area contributed by atoms with E-state index in [-0.39, 0.29) is 11.3 Å². The third-order valence-corrected chi connectivity index (χ3v) is 5.86. The van der Waals surface area contributed by atoms with E-state index in [1.807, 2.05) is 69.3 Å². The lowest BCUT2D eigenvalue weighted by atomic mass is 9.93. The van der Waals surface area contributed by atoms with Gasteiger partial charge in [0.15, 0.2) is 0 Å². The summed E-state index contributed by atoms with van der Waals surface area (Å²) in [6.07, 6.45) is 0. The van der Waals surface area contributed by atoms with Gasteiger partial charge in [-0.3, -0.25) is 14.5 Å². The van der Waals surface area contributed by atoms with Crippen molar-refractivity contribution in [3.05, 3.63) is 100 Å². The van der Waals surface area contributed by atoms with Crippen LogP contribution in [0.5, 0.6) is 5.75 Å². The number of carbonyl (C=O) groups is 2. The molecule has 0 radical (unpaired) electrons. The lowest BCUT2D eigenvalue weighted by molar-refractivity contribution is -0.132. The van der Waals surface area contributed by atoms with Crippen LogP contribution in [0.2, 0.25) is 0 Å². The summed E-state index contributed by atoms with van der Waals surface area (Å²) >= 11 is 0. The molecule has 1 amide bonds. The van der Waals surface area contributed by atoms with Gasteiger partial charge in [0.1, 0.15) is 11.5 Å². The van der Waals surface area contributed by atoms with Gasteiger partial charge < -0.3 is 9.84 Å². The summed E-state index contributed by atoms with van der Waals surface area (Å²) in [6, 6.07) is 19.5. The number of aliphatic hydroxyl groups is 1. The first-order chi connectivity index (χ1) is 15.3. The molecule has 1 aliphatic heterocycles. The predicted octanol–water partition coefficient (Wildman–Crippen LogP) is 5.25. The van der Waals surface area contributed by atoms with Crippen LogP contribution in [0.1, 0.15) is 33.9 Å². The number of ketones is 1. The van der Waals surface area contributed by atoms with Gasteiger partial charge >= 0.3 is 0 Å². The first-order valence-corrected chi connectivity index (χ1v) is 10.4. The van der Waals surface area contributed by atoms with Gasteiger partial charge in [-0.05, 0) is 61.7 Å². The number of ether oxygens (including phenoxy) is 1. The molecule has 0 aliphatic carbocycles. The molecule has 32 heavy (non-hydrogen) atoms. The zero-order valence-electron chi connectivity index (χ0n) is 18.5. The maximum atomic E-state index is 13.3. The standard InChI is InChI=1S/C27H25NO4/c1-16-10-13-22(18(3)14-16)28-24(19-8-6-5-7-9-19)23(26(30)27(28)31)25(29)21-12-11-20(32-4)15-17(21)2/h5-15,24,29H,1-4H3/b25-23+. The average molecular weight is 428 g/mol. The number of Topliss-reactive ketones (excluding diaryl/α,β-unsaturated/α-hetero) is 1. The fourth-order valence-electron chi connectivity index (χ4n) is 4.28. The van der Waals surface area contributed by atoms with E-state index in [9.17, 15) is 14.7 Å². The molecular formula is C27H25NO4. The van der Waals surface area contributed by atoms with Gasteiger partial charge in [-0.1, -0.05) is 48.0 Å². The molecular weight excluding hydrogens is 402 g/mol. The zero-order valence-corrected chi connectivity index (χ0v) is 18.5. The number of anilines is 1. The molecule has 0 aromatic heterocycles. The van der Waals surface area contributed by atoms with Crippen molar-refractivity contribution in [2.24, 2.45) is 0 Å². The number of rotatable bonds is 4. The van der Waals surface area contributed by atoms with Crippen LogP contribution in [-0.2, 0) is 9.59 Å². The highest BCUT2D eigenvalue weighted by Gasteiger charge is 2.47. The monoisotopic (exact) mass is 427 g/mol. The van der Waals surface area contributed by atoms with Crippen molar-refractivity contribution < 1.29 is 19.4 Å². The molecule has 162 valence electrons. The van der Waals surface area contributed by atoms with Gasteiger partial charge in [0.25, 0.3) is 11.7 Å². The Labute approximate surface area is 187 Å². The number of methoxy groups -OCH3 is 1. The maximum Gasteiger partial charge on any atom is 0.300 e. The molecule has 0 saturated carbocycles. The Morgan fingerprint density at radius 3 is 2.25 bits per heavy atom. The minimum absolute atomic E-state index is 0.0782. The molecule has 0 bridgehead atoms. The Balaban J connectivity index is 1.96. The number of hydrogen-bond donors (Lipinski definition) is 1. The van der Waals surface area contributed by atoms with E-state index >= 15 is 0 Å². The van der Waals surface area contributed by atoms with Gasteiger partial charge in [-0.15, -0.1) is 0 Å². The molecule has 3 aromatic rings. The quantitative estimate of drug-likeness (QED) is 0.351. The van der Waals surface area contributed by atoms with Crippen LogP contribution < -0.4 is 9.64 Å². The minimum Gasteiger partial charge on any atom is -0.507 e. The number of hydrogen-bond acceptors (Lipinski definition) is 4. The molecule has 1 aliphatic rings. The highest BCUT2D eigenvalue weighted by molar-refractivity contribution is 6.51. The summed E-state index contributed by atoms with van der Waals surface area (Å²) in [7, 11) is 1.57. The average Bonchev–Trinajstić information content (AvgIpc) is 3.04. The second-order valence-electron chi connectivity index (χ2n) is 8.05. The smallest absolute Gasteiger partial charge is 0.300 e. The van der Waals surface area contributed by atoms with Crippen LogP contribution in [-0.4, -0.2) is 23.9 Å². The van der Waals surface area contributed by atoms with Gasteiger partial charge in [0.2, 0.25) is 0 Å². The Morgan fingerprint density at radius 2 is 1.62 bits per heavy atom. The molecule has 5 nitrogen and oxygen atoms in total. The predicted molar refractivity (Wildman–Crippen MR) is 125 cm³/mol. The molecule has 3 aromatic carbocycles. The summed E-state index contributed by atoms with van der Waals surface area (Å²) in [6.45, 7) is 5.72. The number of benzene rings is 3. The molecule has 1 fully saturated rings. The Hall–Kier alpha value is -3.86. The Morgan fingerprint density at radius 1 is 0.906 bits per heavy atom. The second-order valence-corrected chi connectivity index (χ2v) is 8.05. The van der Waals surface area contributed by atoms with E-state index in [0.717, 1.165) is 22.3 Å². The van der Waals surface area contributed by atoms with Crippen LogP contribution in [0.25, 0.3) is 5.76 Å². The van der Waals surface area contributed by atoms with Gasteiger partial charge in [0.05, 0.1) is 18.7 Å². The second kappa shape index (κ2) is 8.35. The number of nitrogens with zero attached hydrogens (tertiary/aromatic N) is 1. The number of aryl methyl sites for hydroxylation is 3. The van der Waals surface area contributed by atoms with Crippen molar-refractivity contribution in [3.63, 3.8) is 0 Å². The maximum absolute atomic E-state index is 13.3. The van der Waals surface area contributed by atoms with Crippen molar-refractivity contribution in [2.75, 3.05) is 12.0 Å². The molecule has 5 heteroatoms. The van der Waals surface area contributed by atoms with Crippen molar-refractivity contribution in [1.29, 1.82) is 0 Å². The topological polar surface area (TPSA) is 66.8 Å². The summed E-state index contributed by atoms with van der Waals surface area (Å²) < 4.78 is 5.25. The number of amides is 1. The van der Waals surface area contributed by atoms with Gasteiger partial charge in [0, 0.05) is 11.3 Å².